The van der Waals surface area contributed by atoms with Crippen LogP contribution < -0.4 is 15.5 Å². The summed E-state index contributed by atoms with van der Waals surface area (Å²) in [5, 5.41) is 15.2. The maximum absolute atomic E-state index is 12.5. The number of anilines is 1. The Morgan fingerprint density at radius 1 is 1.30 bits per heavy atom. The predicted molar refractivity (Wildman–Crippen MR) is 96.6 cm³/mol. The maximum atomic E-state index is 12.5. The number of rotatable bonds is 5. The van der Waals surface area contributed by atoms with Crippen molar-refractivity contribution < 1.29 is 24.0 Å². The number of carbonyl (C=O) groups is 3. The van der Waals surface area contributed by atoms with E-state index in [2.05, 4.69) is 12.2 Å². The third kappa shape index (κ3) is 5.40. The lowest BCUT2D eigenvalue weighted by molar-refractivity contribution is -0.384. The first-order chi connectivity index (χ1) is 12.8. The van der Waals surface area contributed by atoms with Gasteiger partial charge in [0.15, 0.2) is 6.61 Å². The van der Waals surface area contributed by atoms with Crippen LogP contribution in [0.1, 0.15) is 30.1 Å². The van der Waals surface area contributed by atoms with Crippen LogP contribution in [0.15, 0.2) is 18.2 Å². The number of hydrogen-bond donors (Lipinski definition) is 2. The van der Waals surface area contributed by atoms with Crippen molar-refractivity contribution in [1.82, 2.24) is 10.6 Å². The van der Waals surface area contributed by atoms with E-state index in [1.807, 2.05) is 10.2 Å². The number of nitrogens with zero attached hydrogens (tertiary/aromatic N) is 2. The first-order valence-corrected chi connectivity index (χ1v) is 8.54. The normalized spacial score (nSPS) is 14.4. The number of esters is 1. The molecule has 10 heteroatoms. The number of ether oxygens (including phenoxy) is 1. The van der Waals surface area contributed by atoms with E-state index < -0.39 is 29.4 Å². The van der Waals surface area contributed by atoms with Gasteiger partial charge in [0, 0.05) is 32.3 Å². The third-order valence-corrected chi connectivity index (χ3v) is 4.35. The molecule has 2 N–H and O–H groups in total. The topological polar surface area (TPSA) is 131 Å². The molecule has 10 nitrogen and oxygen atoms in total. The van der Waals surface area contributed by atoms with Crippen LogP contribution in [-0.4, -0.2) is 49.6 Å². The molecule has 1 aromatic carbocycles. The van der Waals surface area contributed by atoms with Gasteiger partial charge < -0.3 is 15.0 Å². The molecule has 1 fully saturated rings. The Kier molecular flexibility index (Phi) is 6.69. The van der Waals surface area contributed by atoms with Crippen molar-refractivity contribution in [3.05, 3.63) is 33.9 Å². The zero-order chi connectivity index (χ0) is 20.0. The van der Waals surface area contributed by atoms with Crippen molar-refractivity contribution in [2.75, 3.05) is 31.6 Å². The fourth-order valence-corrected chi connectivity index (χ4v) is 2.76. The molecule has 2 rings (SSSR count). The van der Waals surface area contributed by atoms with Crippen molar-refractivity contribution in [1.29, 1.82) is 0 Å². The number of urea groups is 1. The summed E-state index contributed by atoms with van der Waals surface area (Å²) >= 11 is 0. The predicted octanol–water partition coefficient (Wildman–Crippen LogP) is 1.44. The Bertz CT molecular complexity index is 743. The van der Waals surface area contributed by atoms with E-state index in [0.29, 0.717) is 11.6 Å². The van der Waals surface area contributed by atoms with Crippen molar-refractivity contribution in [3.8, 4) is 0 Å². The molecule has 0 unspecified atom stereocenters. The minimum absolute atomic E-state index is 0.0199. The lowest BCUT2D eigenvalue weighted by Gasteiger charge is -2.33. The molecule has 1 heterocycles. The fraction of sp³-hybridized carbons (Fsp3) is 0.471. The van der Waals surface area contributed by atoms with Gasteiger partial charge in [-0.25, -0.2) is 9.59 Å². The number of nitro groups is 1. The summed E-state index contributed by atoms with van der Waals surface area (Å²) in [5.74, 6) is -1.09. The molecule has 1 aromatic rings. The molecule has 0 atom stereocenters. The van der Waals surface area contributed by atoms with E-state index in [1.165, 1.54) is 19.2 Å². The second-order valence-corrected chi connectivity index (χ2v) is 6.33. The van der Waals surface area contributed by atoms with Gasteiger partial charge in [0.25, 0.3) is 11.6 Å². The van der Waals surface area contributed by atoms with Crippen molar-refractivity contribution in [2.24, 2.45) is 5.92 Å². The number of nitrogens with one attached hydrogen (secondary N) is 2. The number of non-ortho nitro benzene ring substituents is 1. The van der Waals surface area contributed by atoms with Crippen LogP contribution in [-0.2, 0) is 9.53 Å². The Morgan fingerprint density at radius 3 is 2.56 bits per heavy atom. The summed E-state index contributed by atoms with van der Waals surface area (Å²) in [6, 6.07) is 3.28. The maximum Gasteiger partial charge on any atom is 0.341 e. The van der Waals surface area contributed by atoms with Gasteiger partial charge in [-0.2, -0.15) is 0 Å². The summed E-state index contributed by atoms with van der Waals surface area (Å²) in [4.78, 5) is 47.5. The fourth-order valence-electron chi connectivity index (χ4n) is 2.76. The number of benzene rings is 1. The summed E-state index contributed by atoms with van der Waals surface area (Å²) in [6.45, 7) is 2.91. The zero-order valence-electron chi connectivity index (χ0n) is 15.2. The summed E-state index contributed by atoms with van der Waals surface area (Å²) in [7, 11) is 1.34. The SMILES string of the molecule is CNC(=O)NC(=O)COC(=O)c1cc([N+](=O)[O-])ccc1N1CCC(C)CC1. The third-order valence-electron chi connectivity index (χ3n) is 4.35. The zero-order valence-corrected chi connectivity index (χ0v) is 15.2. The molecule has 0 radical (unpaired) electrons. The Balaban J connectivity index is 2.17. The smallest absolute Gasteiger partial charge is 0.341 e. The highest BCUT2D eigenvalue weighted by Gasteiger charge is 2.25. The molecule has 0 aromatic heterocycles. The number of carbonyl (C=O) groups excluding carboxylic acids is 3. The molecule has 1 aliphatic heterocycles. The van der Waals surface area contributed by atoms with Crippen molar-refractivity contribution >= 4 is 29.3 Å². The Morgan fingerprint density at radius 2 is 1.96 bits per heavy atom. The highest BCUT2D eigenvalue weighted by atomic mass is 16.6. The number of amides is 3. The number of hydrogen-bond acceptors (Lipinski definition) is 7. The van der Waals surface area contributed by atoms with Crippen molar-refractivity contribution in [3.63, 3.8) is 0 Å². The number of nitro benzene ring substituents is 1. The lowest BCUT2D eigenvalue weighted by Crippen LogP contribution is -2.39. The molecule has 0 spiro atoms. The van der Waals surface area contributed by atoms with Gasteiger partial charge in [-0.05, 0) is 24.8 Å². The first-order valence-electron chi connectivity index (χ1n) is 8.54. The molecule has 0 saturated carbocycles. The Hall–Kier alpha value is -3.17. The van der Waals surface area contributed by atoms with E-state index in [0.717, 1.165) is 32.0 Å². The van der Waals surface area contributed by atoms with Crippen LogP contribution in [0, 0.1) is 16.0 Å². The average Bonchev–Trinajstić information content (AvgIpc) is 2.66. The number of piperidine rings is 1. The van der Waals surface area contributed by atoms with E-state index >= 15 is 0 Å². The van der Waals surface area contributed by atoms with Gasteiger partial charge in [0.1, 0.15) is 0 Å². The lowest BCUT2D eigenvalue weighted by atomic mass is 9.98. The van der Waals surface area contributed by atoms with E-state index in [-0.39, 0.29) is 11.3 Å². The van der Waals surface area contributed by atoms with E-state index in [9.17, 15) is 24.5 Å². The average molecular weight is 378 g/mol. The van der Waals surface area contributed by atoms with E-state index in [1.54, 1.807) is 0 Å². The minimum atomic E-state index is -0.862. The minimum Gasteiger partial charge on any atom is -0.452 e. The molecule has 1 aliphatic rings. The van der Waals surface area contributed by atoms with Gasteiger partial charge in [-0.1, -0.05) is 6.92 Å². The van der Waals surface area contributed by atoms with Gasteiger partial charge in [0.2, 0.25) is 0 Å². The Labute approximate surface area is 156 Å². The quantitative estimate of drug-likeness (QED) is 0.450. The van der Waals surface area contributed by atoms with Crippen LogP contribution in [0.5, 0.6) is 0 Å². The second-order valence-electron chi connectivity index (χ2n) is 6.33. The van der Waals surface area contributed by atoms with Crippen LogP contribution in [0.3, 0.4) is 0 Å². The molecule has 3 amide bonds. The molecule has 1 saturated heterocycles. The number of imide groups is 1. The van der Waals surface area contributed by atoms with Gasteiger partial charge in [-0.15, -0.1) is 0 Å². The van der Waals surface area contributed by atoms with Crippen LogP contribution in [0.4, 0.5) is 16.2 Å². The van der Waals surface area contributed by atoms with Gasteiger partial charge in [0.05, 0.1) is 16.2 Å². The monoisotopic (exact) mass is 378 g/mol. The van der Waals surface area contributed by atoms with E-state index in [4.69, 9.17) is 4.74 Å². The highest BCUT2D eigenvalue weighted by molar-refractivity contribution is 5.99. The molecule has 0 bridgehead atoms. The van der Waals surface area contributed by atoms with Crippen LogP contribution in [0.2, 0.25) is 0 Å². The largest absolute Gasteiger partial charge is 0.452 e. The molecule has 0 aliphatic carbocycles. The highest BCUT2D eigenvalue weighted by Crippen LogP contribution is 2.29. The molecule has 27 heavy (non-hydrogen) atoms. The second kappa shape index (κ2) is 8.97. The van der Waals surface area contributed by atoms with Gasteiger partial charge in [-0.3, -0.25) is 20.2 Å². The summed E-state index contributed by atoms with van der Waals surface area (Å²) < 4.78 is 4.94. The molecular weight excluding hydrogens is 356 g/mol. The first kappa shape index (κ1) is 20.1. The van der Waals surface area contributed by atoms with Crippen LogP contribution in [0.25, 0.3) is 0 Å². The van der Waals surface area contributed by atoms with Crippen LogP contribution >= 0.6 is 0 Å². The molecule has 146 valence electrons. The summed E-state index contributed by atoms with van der Waals surface area (Å²) in [6.07, 6.45) is 1.89. The van der Waals surface area contributed by atoms with Gasteiger partial charge >= 0.3 is 12.0 Å². The molecular formula is C17H22N4O6. The summed E-state index contributed by atoms with van der Waals surface area (Å²) in [5.41, 5.74) is 0.307. The van der Waals surface area contributed by atoms with Crippen molar-refractivity contribution in [2.45, 2.75) is 19.8 Å². The standard InChI is InChI=1S/C17H22N4O6/c1-11-5-7-20(8-6-11)14-4-3-12(21(25)26)9-13(14)16(23)27-10-15(22)19-17(24)18-2/h3-4,9,11H,5-8,10H2,1-2H3,(H2,18,19,22,24).